The molecule has 0 N–H and O–H groups in total. The van der Waals surface area contributed by atoms with Crippen molar-refractivity contribution < 1.29 is 19.2 Å². The molecular formula is C10H15NO4. The summed E-state index contributed by atoms with van der Waals surface area (Å²) < 4.78 is 5.02. The van der Waals surface area contributed by atoms with Crippen molar-refractivity contribution in [3.05, 3.63) is 0 Å². The van der Waals surface area contributed by atoms with E-state index in [0.29, 0.717) is 6.42 Å². The first kappa shape index (κ1) is 11.7. The summed E-state index contributed by atoms with van der Waals surface area (Å²) in [5, 5.41) is 3.34. The molecule has 5 heteroatoms. The van der Waals surface area contributed by atoms with E-state index in [1.165, 1.54) is 6.21 Å². The quantitative estimate of drug-likeness (QED) is 0.518. The van der Waals surface area contributed by atoms with Gasteiger partial charge >= 0.3 is 11.9 Å². The van der Waals surface area contributed by atoms with Crippen LogP contribution in [0.2, 0.25) is 0 Å². The van der Waals surface area contributed by atoms with Gasteiger partial charge in [0.2, 0.25) is 0 Å². The number of carbonyl (C=O) groups is 2. The monoisotopic (exact) mass is 213 g/mol. The SMILES string of the molecule is CCC(C)(C)C(=O)OCC1C=NOC1=O. The van der Waals surface area contributed by atoms with Gasteiger partial charge in [-0.15, -0.1) is 0 Å². The van der Waals surface area contributed by atoms with Crippen LogP contribution in [0.25, 0.3) is 0 Å². The molecule has 0 aromatic heterocycles. The van der Waals surface area contributed by atoms with Crippen LogP contribution in [-0.2, 0) is 19.2 Å². The molecule has 0 radical (unpaired) electrons. The largest absolute Gasteiger partial charge is 0.464 e. The fourth-order valence-electron chi connectivity index (χ4n) is 0.901. The summed E-state index contributed by atoms with van der Waals surface area (Å²) in [5.41, 5.74) is -0.514. The second-order valence-corrected chi connectivity index (χ2v) is 4.11. The Labute approximate surface area is 88.4 Å². The molecule has 0 spiro atoms. The minimum atomic E-state index is -0.554. The number of esters is 1. The summed E-state index contributed by atoms with van der Waals surface area (Å²) in [6, 6.07) is 0. The number of hydrogen-bond donors (Lipinski definition) is 0. The first-order chi connectivity index (χ1) is 6.97. The van der Waals surface area contributed by atoms with E-state index in [1.54, 1.807) is 13.8 Å². The molecule has 0 aromatic rings. The lowest BCUT2D eigenvalue weighted by atomic mass is 9.91. The molecule has 1 rings (SSSR count). The number of carbonyl (C=O) groups excluding carboxylic acids is 2. The maximum atomic E-state index is 11.5. The lowest BCUT2D eigenvalue weighted by Gasteiger charge is -2.20. The summed E-state index contributed by atoms with van der Waals surface area (Å²) in [6.45, 7) is 5.52. The van der Waals surface area contributed by atoms with Gasteiger partial charge in [0, 0.05) is 0 Å². The Morgan fingerprint density at radius 3 is 2.80 bits per heavy atom. The molecule has 5 nitrogen and oxygen atoms in total. The minimum absolute atomic E-state index is 0.00456. The Morgan fingerprint density at radius 2 is 2.33 bits per heavy atom. The van der Waals surface area contributed by atoms with Gasteiger partial charge in [-0.3, -0.25) is 4.79 Å². The Hall–Kier alpha value is -1.39. The van der Waals surface area contributed by atoms with E-state index in [0.717, 1.165) is 0 Å². The second-order valence-electron chi connectivity index (χ2n) is 4.11. The van der Waals surface area contributed by atoms with Crippen molar-refractivity contribution in [3.63, 3.8) is 0 Å². The molecule has 1 atom stereocenters. The molecule has 0 saturated heterocycles. The number of nitrogens with zero attached hydrogens (tertiary/aromatic N) is 1. The van der Waals surface area contributed by atoms with Crippen molar-refractivity contribution in [1.29, 1.82) is 0 Å². The van der Waals surface area contributed by atoms with E-state index in [2.05, 4.69) is 9.99 Å². The Kier molecular flexibility index (Phi) is 3.44. The van der Waals surface area contributed by atoms with Crippen LogP contribution in [0.4, 0.5) is 0 Å². The Bertz CT molecular complexity index is 296. The topological polar surface area (TPSA) is 65.0 Å². The zero-order valence-corrected chi connectivity index (χ0v) is 9.15. The van der Waals surface area contributed by atoms with Crippen molar-refractivity contribution in [2.24, 2.45) is 16.5 Å². The van der Waals surface area contributed by atoms with Crippen LogP contribution in [0.5, 0.6) is 0 Å². The molecule has 0 aromatic carbocycles. The van der Waals surface area contributed by atoms with E-state index in [1.807, 2.05) is 6.92 Å². The Morgan fingerprint density at radius 1 is 1.67 bits per heavy atom. The molecule has 84 valence electrons. The van der Waals surface area contributed by atoms with Crippen LogP contribution < -0.4 is 0 Å². The lowest BCUT2D eigenvalue weighted by molar-refractivity contribution is -0.157. The van der Waals surface area contributed by atoms with Crippen LogP contribution in [0.3, 0.4) is 0 Å². The van der Waals surface area contributed by atoms with Gasteiger partial charge in [0.15, 0.2) is 0 Å². The maximum absolute atomic E-state index is 11.5. The average molecular weight is 213 g/mol. The van der Waals surface area contributed by atoms with Gasteiger partial charge < -0.3 is 9.57 Å². The van der Waals surface area contributed by atoms with Crippen molar-refractivity contribution in [2.75, 3.05) is 6.61 Å². The molecule has 15 heavy (non-hydrogen) atoms. The normalized spacial score (nSPS) is 20.2. The van der Waals surface area contributed by atoms with Gasteiger partial charge in [0.25, 0.3) is 0 Å². The molecule has 1 aliphatic rings. The van der Waals surface area contributed by atoms with Crippen molar-refractivity contribution in [1.82, 2.24) is 0 Å². The van der Waals surface area contributed by atoms with Crippen molar-refractivity contribution in [3.8, 4) is 0 Å². The highest BCUT2D eigenvalue weighted by Gasteiger charge is 2.30. The van der Waals surface area contributed by atoms with Crippen LogP contribution in [0.15, 0.2) is 5.16 Å². The lowest BCUT2D eigenvalue weighted by Crippen LogP contribution is -2.29. The third-order valence-corrected chi connectivity index (χ3v) is 2.52. The van der Waals surface area contributed by atoms with Gasteiger partial charge in [-0.05, 0) is 20.3 Å². The van der Waals surface area contributed by atoms with Gasteiger partial charge in [0.05, 0.1) is 11.6 Å². The van der Waals surface area contributed by atoms with Crippen molar-refractivity contribution in [2.45, 2.75) is 27.2 Å². The highest BCUT2D eigenvalue weighted by Crippen LogP contribution is 2.22. The number of ether oxygens (including phenoxy) is 1. The first-order valence-electron chi connectivity index (χ1n) is 4.89. The third-order valence-electron chi connectivity index (χ3n) is 2.52. The van der Waals surface area contributed by atoms with E-state index in [4.69, 9.17) is 4.74 Å². The van der Waals surface area contributed by atoms with E-state index >= 15 is 0 Å². The number of oxime groups is 1. The molecule has 0 bridgehead atoms. The first-order valence-corrected chi connectivity index (χ1v) is 4.89. The second kappa shape index (κ2) is 4.42. The van der Waals surface area contributed by atoms with E-state index in [-0.39, 0.29) is 12.6 Å². The molecule has 1 aliphatic heterocycles. The molecule has 1 heterocycles. The predicted octanol–water partition coefficient (Wildman–Crippen LogP) is 1.12. The minimum Gasteiger partial charge on any atom is -0.464 e. The van der Waals surface area contributed by atoms with Gasteiger partial charge in [0.1, 0.15) is 12.5 Å². The molecule has 0 saturated carbocycles. The standard InChI is InChI=1S/C10H15NO4/c1-4-10(2,3)9(13)14-6-7-5-11-15-8(7)12/h5,7H,4,6H2,1-3H3. The zero-order chi connectivity index (χ0) is 11.5. The van der Waals surface area contributed by atoms with E-state index < -0.39 is 17.3 Å². The molecule has 0 amide bonds. The molecular weight excluding hydrogens is 198 g/mol. The summed E-state index contributed by atoms with van der Waals surface area (Å²) in [7, 11) is 0. The van der Waals surface area contributed by atoms with E-state index in [9.17, 15) is 9.59 Å². The number of rotatable bonds is 4. The summed E-state index contributed by atoms with van der Waals surface area (Å²) in [4.78, 5) is 26.9. The predicted molar refractivity (Wildman–Crippen MR) is 53.1 cm³/mol. The summed E-state index contributed by atoms with van der Waals surface area (Å²) >= 11 is 0. The smallest absolute Gasteiger partial charge is 0.346 e. The maximum Gasteiger partial charge on any atom is 0.346 e. The average Bonchev–Trinajstić information content (AvgIpc) is 2.60. The molecule has 1 unspecified atom stereocenters. The van der Waals surface area contributed by atoms with Crippen LogP contribution >= 0.6 is 0 Å². The highest BCUT2D eigenvalue weighted by atomic mass is 16.7. The molecule has 0 aliphatic carbocycles. The van der Waals surface area contributed by atoms with Crippen LogP contribution in [0, 0.1) is 11.3 Å². The fourth-order valence-corrected chi connectivity index (χ4v) is 0.901. The van der Waals surface area contributed by atoms with Gasteiger partial charge in [-0.1, -0.05) is 12.1 Å². The van der Waals surface area contributed by atoms with Crippen LogP contribution in [-0.4, -0.2) is 24.8 Å². The number of hydrogen-bond acceptors (Lipinski definition) is 5. The summed E-state index contributed by atoms with van der Waals surface area (Å²) in [5.74, 6) is -1.34. The fraction of sp³-hybridized carbons (Fsp3) is 0.700. The van der Waals surface area contributed by atoms with Crippen molar-refractivity contribution >= 4 is 18.2 Å². The zero-order valence-electron chi connectivity index (χ0n) is 9.15. The summed E-state index contributed by atoms with van der Waals surface area (Å²) in [6.07, 6.45) is 2.03. The third kappa shape index (κ3) is 2.78. The highest BCUT2D eigenvalue weighted by molar-refractivity contribution is 5.93. The molecule has 0 fully saturated rings. The Balaban J connectivity index is 2.40. The van der Waals surface area contributed by atoms with Crippen LogP contribution in [0.1, 0.15) is 27.2 Å². The van der Waals surface area contributed by atoms with Gasteiger partial charge in [-0.25, -0.2) is 4.79 Å². The van der Waals surface area contributed by atoms with Gasteiger partial charge in [-0.2, -0.15) is 0 Å².